The molecule has 1 aliphatic rings. The normalized spacial score (nSPS) is 18.4. The number of thioether (sulfide) groups is 1. The second-order valence-corrected chi connectivity index (χ2v) is 5.45. The van der Waals surface area contributed by atoms with Gasteiger partial charge in [0, 0.05) is 30.2 Å². The van der Waals surface area contributed by atoms with Gasteiger partial charge in [0.25, 0.3) is 0 Å². The molecule has 0 radical (unpaired) electrons. The third kappa shape index (κ3) is 3.41. The van der Waals surface area contributed by atoms with Gasteiger partial charge in [0.15, 0.2) is 11.6 Å². The van der Waals surface area contributed by atoms with Crippen molar-refractivity contribution >= 4 is 29.4 Å². The van der Waals surface area contributed by atoms with Gasteiger partial charge in [0.2, 0.25) is 0 Å². The van der Waals surface area contributed by atoms with Crippen molar-refractivity contribution in [1.29, 1.82) is 0 Å². The highest BCUT2D eigenvalue weighted by atomic mass is 32.2. The van der Waals surface area contributed by atoms with Gasteiger partial charge < -0.3 is 15.3 Å². The molecule has 1 fully saturated rings. The molecule has 0 aliphatic carbocycles. The van der Waals surface area contributed by atoms with Crippen molar-refractivity contribution in [3.05, 3.63) is 29.6 Å². The summed E-state index contributed by atoms with van der Waals surface area (Å²) in [6.07, 6.45) is 0. The van der Waals surface area contributed by atoms with Gasteiger partial charge in [-0.1, -0.05) is 0 Å². The Labute approximate surface area is 122 Å². The van der Waals surface area contributed by atoms with Crippen molar-refractivity contribution in [2.75, 3.05) is 23.4 Å². The number of aliphatic carboxylic acids is 1. The van der Waals surface area contributed by atoms with E-state index in [1.807, 2.05) is 5.32 Å². The van der Waals surface area contributed by atoms with Gasteiger partial charge in [-0.15, -0.1) is 0 Å². The number of rotatable bonds is 2. The molecule has 1 aromatic carbocycles. The zero-order valence-electron chi connectivity index (χ0n) is 10.6. The average Bonchev–Trinajstić information content (AvgIpc) is 2.42. The Hall–Kier alpha value is -1.90. The number of carbonyl (C=O) groups is 2. The fourth-order valence-corrected chi connectivity index (χ4v) is 2.93. The first-order chi connectivity index (χ1) is 9.90. The van der Waals surface area contributed by atoms with Gasteiger partial charge in [-0.25, -0.2) is 22.8 Å². The van der Waals surface area contributed by atoms with Gasteiger partial charge in [0.05, 0.1) is 0 Å². The maximum Gasteiger partial charge on any atom is 0.327 e. The van der Waals surface area contributed by atoms with Crippen LogP contribution in [0, 0.1) is 17.5 Å². The van der Waals surface area contributed by atoms with E-state index in [4.69, 9.17) is 5.11 Å². The molecule has 0 spiro atoms. The zero-order valence-corrected chi connectivity index (χ0v) is 11.4. The minimum Gasteiger partial charge on any atom is -0.480 e. The average molecular weight is 320 g/mol. The maximum absolute atomic E-state index is 13.5. The highest BCUT2D eigenvalue weighted by molar-refractivity contribution is 7.99. The quantitative estimate of drug-likeness (QED) is 0.876. The number of carboxylic acids is 1. The van der Waals surface area contributed by atoms with Crippen LogP contribution in [-0.4, -0.2) is 46.1 Å². The summed E-state index contributed by atoms with van der Waals surface area (Å²) in [5, 5.41) is 11.0. The molecule has 2 rings (SSSR count). The minimum absolute atomic E-state index is 0.137. The fourth-order valence-electron chi connectivity index (χ4n) is 1.89. The van der Waals surface area contributed by atoms with Crippen LogP contribution in [0.2, 0.25) is 0 Å². The Morgan fingerprint density at radius 1 is 1.29 bits per heavy atom. The Morgan fingerprint density at radius 3 is 2.48 bits per heavy atom. The molecule has 21 heavy (non-hydrogen) atoms. The lowest BCUT2D eigenvalue weighted by Gasteiger charge is -2.32. The number of benzene rings is 1. The van der Waals surface area contributed by atoms with Crippen molar-refractivity contribution in [3.8, 4) is 0 Å². The molecule has 0 aromatic heterocycles. The van der Waals surface area contributed by atoms with Crippen molar-refractivity contribution in [1.82, 2.24) is 4.90 Å². The summed E-state index contributed by atoms with van der Waals surface area (Å²) in [5.74, 6) is -4.13. The summed E-state index contributed by atoms with van der Waals surface area (Å²) in [7, 11) is 0. The Bertz CT molecular complexity index is 562. The third-order valence-corrected chi connectivity index (χ3v) is 3.94. The van der Waals surface area contributed by atoms with Crippen LogP contribution in [0.25, 0.3) is 0 Å². The number of hydrogen-bond donors (Lipinski definition) is 2. The van der Waals surface area contributed by atoms with Crippen molar-refractivity contribution in [2.24, 2.45) is 0 Å². The minimum atomic E-state index is -1.26. The number of nitrogens with one attached hydrogen (secondary N) is 1. The molecule has 1 atom stereocenters. The monoisotopic (exact) mass is 320 g/mol. The molecule has 0 saturated carbocycles. The lowest BCUT2D eigenvalue weighted by Crippen LogP contribution is -2.52. The summed E-state index contributed by atoms with van der Waals surface area (Å²) in [4.78, 5) is 24.0. The largest absolute Gasteiger partial charge is 0.480 e. The fraction of sp³-hybridized carbons (Fsp3) is 0.333. The lowest BCUT2D eigenvalue weighted by atomic mass is 10.2. The molecule has 2 N–H and O–H groups in total. The van der Waals surface area contributed by atoms with Gasteiger partial charge in [-0.2, -0.15) is 11.8 Å². The van der Waals surface area contributed by atoms with Crippen LogP contribution in [0.4, 0.5) is 23.7 Å². The first-order valence-corrected chi connectivity index (χ1v) is 7.08. The van der Waals surface area contributed by atoms with Crippen molar-refractivity contribution in [3.63, 3.8) is 0 Å². The van der Waals surface area contributed by atoms with Crippen LogP contribution < -0.4 is 5.32 Å². The molecule has 1 unspecified atom stereocenters. The van der Waals surface area contributed by atoms with Crippen LogP contribution >= 0.6 is 11.8 Å². The topological polar surface area (TPSA) is 69.6 Å². The van der Waals surface area contributed by atoms with E-state index in [0.29, 0.717) is 17.9 Å². The summed E-state index contributed by atoms with van der Waals surface area (Å²) < 4.78 is 39.7. The van der Waals surface area contributed by atoms with Crippen LogP contribution in [0.15, 0.2) is 12.1 Å². The number of carboxylic acid groups (broad SMARTS) is 1. The number of hydrogen-bond acceptors (Lipinski definition) is 3. The summed E-state index contributed by atoms with van der Waals surface area (Å²) in [6, 6.07) is -1.15. The number of carbonyl (C=O) groups excluding carboxylic acids is 1. The van der Waals surface area contributed by atoms with E-state index in [1.54, 1.807) is 0 Å². The van der Waals surface area contributed by atoms with E-state index < -0.39 is 41.2 Å². The van der Waals surface area contributed by atoms with E-state index in [0.717, 1.165) is 4.90 Å². The Balaban J connectivity index is 2.19. The summed E-state index contributed by atoms with van der Waals surface area (Å²) >= 11 is 1.37. The predicted octanol–water partition coefficient (Wildman–Crippen LogP) is 2.14. The maximum atomic E-state index is 13.5. The van der Waals surface area contributed by atoms with Crippen LogP contribution in [0.1, 0.15) is 0 Å². The summed E-state index contributed by atoms with van der Waals surface area (Å²) in [5.41, 5.74) is -0.802. The molecule has 114 valence electrons. The van der Waals surface area contributed by atoms with Gasteiger partial charge >= 0.3 is 12.0 Å². The lowest BCUT2D eigenvalue weighted by molar-refractivity contribution is -0.141. The highest BCUT2D eigenvalue weighted by Gasteiger charge is 2.33. The number of nitrogens with zero attached hydrogens (tertiary/aromatic N) is 1. The van der Waals surface area contributed by atoms with Gasteiger partial charge in [-0.3, -0.25) is 0 Å². The van der Waals surface area contributed by atoms with Crippen LogP contribution in [-0.2, 0) is 4.79 Å². The predicted molar refractivity (Wildman–Crippen MR) is 70.8 cm³/mol. The number of halogens is 3. The van der Waals surface area contributed by atoms with Gasteiger partial charge in [-0.05, 0) is 0 Å². The van der Waals surface area contributed by atoms with Gasteiger partial charge in [0.1, 0.15) is 17.5 Å². The Morgan fingerprint density at radius 2 is 1.90 bits per heavy atom. The van der Waals surface area contributed by atoms with E-state index in [9.17, 15) is 22.8 Å². The number of anilines is 1. The second kappa shape index (κ2) is 6.25. The summed E-state index contributed by atoms with van der Waals surface area (Å²) in [6.45, 7) is 0.137. The molecular formula is C12H11F3N2O3S. The molecule has 1 aliphatic heterocycles. The molecule has 1 aromatic rings. The van der Waals surface area contributed by atoms with E-state index in [1.165, 1.54) is 11.8 Å². The smallest absolute Gasteiger partial charge is 0.327 e. The molecule has 2 amide bonds. The molecular weight excluding hydrogens is 309 g/mol. The van der Waals surface area contributed by atoms with Crippen molar-refractivity contribution < 1.29 is 27.9 Å². The van der Waals surface area contributed by atoms with E-state index in [-0.39, 0.29) is 12.3 Å². The van der Waals surface area contributed by atoms with Crippen molar-refractivity contribution in [2.45, 2.75) is 6.04 Å². The van der Waals surface area contributed by atoms with E-state index in [2.05, 4.69) is 0 Å². The molecule has 1 saturated heterocycles. The molecule has 9 heteroatoms. The standard InChI is InChI=1S/C12H11F3N2O3S/c13-6-3-7(14)10(8(15)4-6)16-12(20)17-1-2-21-5-9(17)11(18)19/h3-4,9H,1-2,5H2,(H,16,20)(H,18,19). The molecule has 1 heterocycles. The zero-order chi connectivity index (χ0) is 15.6. The Kier molecular flexibility index (Phi) is 4.61. The van der Waals surface area contributed by atoms with E-state index >= 15 is 0 Å². The molecule has 0 bridgehead atoms. The number of urea groups is 1. The first kappa shape index (κ1) is 15.5. The number of amides is 2. The first-order valence-electron chi connectivity index (χ1n) is 5.93. The third-order valence-electron chi connectivity index (χ3n) is 2.91. The van der Waals surface area contributed by atoms with Crippen LogP contribution in [0.5, 0.6) is 0 Å². The highest BCUT2D eigenvalue weighted by Crippen LogP contribution is 2.22. The van der Waals surface area contributed by atoms with Crippen LogP contribution in [0.3, 0.4) is 0 Å². The SMILES string of the molecule is O=C(O)C1CSCCN1C(=O)Nc1c(F)cc(F)cc1F. The molecule has 5 nitrogen and oxygen atoms in total. The second-order valence-electron chi connectivity index (χ2n) is 4.30.